The fourth-order valence-electron chi connectivity index (χ4n) is 2.34. The molecule has 0 aromatic heterocycles. The van der Waals surface area contributed by atoms with Gasteiger partial charge in [-0.3, -0.25) is 0 Å². The molecule has 0 spiro atoms. The lowest BCUT2D eigenvalue weighted by Gasteiger charge is -2.15. The average Bonchev–Trinajstić information content (AvgIpc) is 2.88. The second-order valence-electron chi connectivity index (χ2n) is 4.62. The van der Waals surface area contributed by atoms with E-state index in [0.29, 0.717) is 12.2 Å². The zero-order chi connectivity index (χ0) is 14.3. The summed E-state index contributed by atoms with van der Waals surface area (Å²) in [6.07, 6.45) is 0.861. The Morgan fingerprint density at radius 3 is 2.80 bits per heavy atom. The maximum atomic E-state index is 13.6. The predicted molar refractivity (Wildman–Crippen MR) is 82.4 cm³/mol. The van der Waals surface area contributed by atoms with E-state index in [4.69, 9.17) is 27.9 Å². The smallest absolute Gasteiger partial charge is 0.142 e. The second kappa shape index (κ2) is 5.55. The number of hydrogen-bond donors (Lipinski definition) is 0. The zero-order valence-corrected chi connectivity index (χ0v) is 13.4. The molecule has 0 N–H and O–H groups in total. The third kappa shape index (κ3) is 2.54. The van der Waals surface area contributed by atoms with Crippen LogP contribution in [0.15, 0.2) is 34.8 Å². The van der Waals surface area contributed by atoms with E-state index in [1.807, 2.05) is 12.1 Å². The van der Waals surface area contributed by atoms with Crippen molar-refractivity contribution in [3.05, 3.63) is 62.3 Å². The highest BCUT2D eigenvalue weighted by molar-refractivity contribution is 9.10. The molecule has 2 aromatic carbocycles. The number of ether oxygens (including phenoxy) is 1. The molecule has 0 aliphatic carbocycles. The molecule has 20 heavy (non-hydrogen) atoms. The SMILES string of the molecule is Fc1cc(C(Cl)c2cc(Br)cc3c2OCC3)ccc1Cl. The van der Waals surface area contributed by atoms with Crippen LogP contribution in [0.1, 0.15) is 22.1 Å². The van der Waals surface area contributed by atoms with Crippen molar-refractivity contribution in [2.45, 2.75) is 11.8 Å². The van der Waals surface area contributed by atoms with Crippen LogP contribution in [0, 0.1) is 5.82 Å². The fraction of sp³-hybridized carbons (Fsp3) is 0.200. The first-order valence-electron chi connectivity index (χ1n) is 6.10. The summed E-state index contributed by atoms with van der Waals surface area (Å²) in [5.74, 6) is 0.339. The van der Waals surface area contributed by atoms with Gasteiger partial charge in [0.05, 0.1) is 17.0 Å². The summed E-state index contributed by atoms with van der Waals surface area (Å²) in [5, 5.41) is -0.389. The normalized spacial score (nSPS) is 14.8. The minimum Gasteiger partial charge on any atom is -0.493 e. The number of halogens is 4. The second-order valence-corrected chi connectivity index (χ2v) is 6.38. The quantitative estimate of drug-likeness (QED) is 0.629. The highest BCUT2D eigenvalue weighted by Gasteiger charge is 2.23. The van der Waals surface area contributed by atoms with E-state index < -0.39 is 11.2 Å². The van der Waals surface area contributed by atoms with Crippen molar-refractivity contribution >= 4 is 39.1 Å². The number of benzene rings is 2. The van der Waals surface area contributed by atoms with E-state index in [-0.39, 0.29) is 5.02 Å². The van der Waals surface area contributed by atoms with Gasteiger partial charge in [-0.05, 0) is 35.4 Å². The van der Waals surface area contributed by atoms with Crippen molar-refractivity contribution in [2.24, 2.45) is 0 Å². The van der Waals surface area contributed by atoms with Crippen LogP contribution in [0.25, 0.3) is 0 Å². The van der Waals surface area contributed by atoms with E-state index in [1.165, 1.54) is 12.1 Å². The molecule has 0 fully saturated rings. The maximum Gasteiger partial charge on any atom is 0.142 e. The van der Waals surface area contributed by atoms with Gasteiger partial charge in [0.1, 0.15) is 11.6 Å². The Kier molecular flexibility index (Phi) is 3.93. The van der Waals surface area contributed by atoms with Gasteiger partial charge in [-0.2, -0.15) is 0 Å². The fourth-order valence-corrected chi connectivity index (χ4v) is 3.27. The summed E-state index contributed by atoms with van der Waals surface area (Å²) in [7, 11) is 0. The van der Waals surface area contributed by atoms with Crippen LogP contribution in [0.3, 0.4) is 0 Å². The first-order chi connectivity index (χ1) is 9.56. The summed E-state index contributed by atoms with van der Waals surface area (Å²) >= 11 is 15.7. The van der Waals surface area contributed by atoms with E-state index in [2.05, 4.69) is 15.9 Å². The van der Waals surface area contributed by atoms with E-state index >= 15 is 0 Å². The molecule has 5 heteroatoms. The summed E-state index contributed by atoms with van der Waals surface area (Å²) in [5.41, 5.74) is 2.62. The molecule has 1 aliphatic rings. The Hall–Kier alpha value is -0.770. The molecule has 1 aliphatic heterocycles. The van der Waals surface area contributed by atoms with Gasteiger partial charge in [0.25, 0.3) is 0 Å². The first-order valence-corrected chi connectivity index (χ1v) is 7.71. The molecule has 0 radical (unpaired) electrons. The average molecular weight is 376 g/mol. The summed E-state index contributed by atoms with van der Waals surface area (Å²) in [6.45, 7) is 0.650. The lowest BCUT2D eigenvalue weighted by Crippen LogP contribution is -1.98. The van der Waals surface area contributed by atoms with Crippen molar-refractivity contribution < 1.29 is 9.13 Å². The van der Waals surface area contributed by atoms with Gasteiger partial charge in [-0.25, -0.2) is 4.39 Å². The predicted octanol–water partition coefficient (Wildman–Crippen LogP) is 5.50. The molecule has 2 aromatic rings. The maximum absolute atomic E-state index is 13.6. The molecule has 104 valence electrons. The summed E-state index contributed by atoms with van der Waals surface area (Å²) in [6, 6.07) is 8.54. The van der Waals surface area contributed by atoms with Crippen molar-refractivity contribution in [1.82, 2.24) is 0 Å². The van der Waals surface area contributed by atoms with Crippen LogP contribution in [0.4, 0.5) is 4.39 Å². The molecule has 3 rings (SSSR count). The number of alkyl halides is 1. The Morgan fingerprint density at radius 2 is 2.05 bits per heavy atom. The Balaban J connectivity index is 2.06. The number of fused-ring (bicyclic) bond motifs is 1. The third-order valence-corrected chi connectivity index (χ3v) is 4.54. The zero-order valence-electron chi connectivity index (χ0n) is 10.3. The molecule has 1 heterocycles. The minimum atomic E-state index is -0.480. The standard InChI is InChI=1S/C15H10BrCl2FO/c16-10-5-9-3-4-20-15(9)11(7-10)14(18)8-1-2-12(17)13(19)6-8/h1-2,5-7,14H,3-4H2. The lowest BCUT2D eigenvalue weighted by atomic mass is 10.0. The number of hydrogen-bond acceptors (Lipinski definition) is 1. The van der Waals surface area contributed by atoms with Crippen molar-refractivity contribution in [3.8, 4) is 5.75 Å². The van der Waals surface area contributed by atoms with Crippen LogP contribution in [-0.4, -0.2) is 6.61 Å². The van der Waals surface area contributed by atoms with E-state index in [9.17, 15) is 4.39 Å². The molecule has 0 bridgehead atoms. The van der Waals surface area contributed by atoms with Gasteiger partial charge >= 0.3 is 0 Å². The highest BCUT2D eigenvalue weighted by Crippen LogP contribution is 2.41. The van der Waals surface area contributed by atoms with Crippen molar-refractivity contribution in [2.75, 3.05) is 6.61 Å². The minimum absolute atomic E-state index is 0.0911. The van der Waals surface area contributed by atoms with Crippen LogP contribution in [-0.2, 0) is 6.42 Å². The highest BCUT2D eigenvalue weighted by atomic mass is 79.9. The molecule has 0 amide bonds. The van der Waals surface area contributed by atoms with E-state index in [1.54, 1.807) is 6.07 Å². The molecular formula is C15H10BrCl2FO. The largest absolute Gasteiger partial charge is 0.493 e. The molecule has 1 unspecified atom stereocenters. The molecule has 0 saturated carbocycles. The first kappa shape index (κ1) is 14.2. The van der Waals surface area contributed by atoms with Gasteiger partial charge in [0.2, 0.25) is 0 Å². The Morgan fingerprint density at radius 1 is 1.25 bits per heavy atom. The lowest BCUT2D eigenvalue weighted by molar-refractivity contribution is 0.353. The van der Waals surface area contributed by atoms with Gasteiger partial charge in [-0.15, -0.1) is 11.6 Å². The van der Waals surface area contributed by atoms with Crippen LogP contribution in [0.2, 0.25) is 5.02 Å². The van der Waals surface area contributed by atoms with Crippen molar-refractivity contribution in [3.63, 3.8) is 0 Å². The molecule has 1 nitrogen and oxygen atoms in total. The van der Waals surface area contributed by atoms with E-state index in [0.717, 1.165) is 27.8 Å². The van der Waals surface area contributed by atoms with Crippen LogP contribution >= 0.6 is 39.1 Å². The van der Waals surface area contributed by atoms with Crippen LogP contribution in [0.5, 0.6) is 5.75 Å². The van der Waals surface area contributed by atoms with Gasteiger partial charge in [-0.1, -0.05) is 33.6 Å². The molecular weight excluding hydrogens is 366 g/mol. The Bertz CT molecular complexity index is 675. The summed E-state index contributed by atoms with van der Waals surface area (Å²) < 4.78 is 20.2. The van der Waals surface area contributed by atoms with Gasteiger partial charge in [0, 0.05) is 16.5 Å². The Labute approximate surface area is 134 Å². The monoisotopic (exact) mass is 374 g/mol. The molecule has 1 atom stereocenters. The van der Waals surface area contributed by atoms with Crippen molar-refractivity contribution in [1.29, 1.82) is 0 Å². The third-order valence-electron chi connectivity index (χ3n) is 3.29. The van der Waals surface area contributed by atoms with Gasteiger partial charge < -0.3 is 4.74 Å². The number of rotatable bonds is 2. The van der Waals surface area contributed by atoms with Gasteiger partial charge in [0.15, 0.2) is 0 Å². The topological polar surface area (TPSA) is 9.23 Å². The summed E-state index contributed by atoms with van der Waals surface area (Å²) in [4.78, 5) is 0. The van der Waals surface area contributed by atoms with Crippen LogP contribution < -0.4 is 4.74 Å². The molecule has 0 saturated heterocycles.